The average molecular weight is 479 g/mol. The Morgan fingerprint density at radius 2 is 1.97 bits per heavy atom. The SMILES string of the molecule is Cc1nc(C(=O)O)c(COc2cc3c(cc2C(F)(F)F)N(c2ccccc2)CCN(C)S3)o1. The van der Waals surface area contributed by atoms with E-state index in [4.69, 9.17) is 9.15 Å². The fourth-order valence-electron chi connectivity index (χ4n) is 3.50. The predicted octanol–water partition coefficient (Wildman–Crippen LogP) is 5.37. The highest BCUT2D eigenvalue weighted by molar-refractivity contribution is 7.97. The Morgan fingerprint density at radius 3 is 2.64 bits per heavy atom. The van der Waals surface area contributed by atoms with Gasteiger partial charge in [0, 0.05) is 25.7 Å². The first-order chi connectivity index (χ1) is 15.6. The summed E-state index contributed by atoms with van der Waals surface area (Å²) in [6.45, 7) is 2.06. The summed E-state index contributed by atoms with van der Waals surface area (Å²) in [5.74, 6) is -1.83. The Kier molecular flexibility index (Phi) is 6.26. The molecule has 0 bridgehead atoms. The van der Waals surface area contributed by atoms with E-state index in [1.165, 1.54) is 24.9 Å². The molecule has 0 atom stereocenters. The lowest BCUT2D eigenvalue weighted by molar-refractivity contribution is -0.139. The van der Waals surface area contributed by atoms with Crippen LogP contribution in [-0.4, -0.2) is 40.5 Å². The van der Waals surface area contributed by atoms with Crippen LogP contribution in [0.15, 0.2) is 51.8 Å². The van der Waals surface area contributed by atoms with Gasteiger partial charge in [0.2, 0.25) is 0 Å². The molecule has 1 aliphatic rings. The monoisotopic (exact) mass is 479 g/mol. The first kappa shape index (κ1) is 23.0. The van der Waals surface area contributed by atoms with E-state index in [0.717, 1.165) is 11.8 Å². The normalized spacial score (nSPS) is 14.6. The summed E-state index contributed by atoms with van der Waals surface area (Å²) >= 11 is 1.31. The van der Waals surface area contributed by atoms with Gasteiger partial charge in [0.05, 0.1) is 16.1 Å². The van der Waals surface area contributed by atoms with Crippen molar-refractivity contribution in [1.82, 2.24) is 9.29 Å². The molecule has 1 aliphatic heterocycles. The van der Waals surface area contributed by atoms with E-state index >= 15 is 0 Å². The number of oxazole rings is 1. The molecule has 0 fully saturated rings. The smallest absolute Gasteiger partial charge is 0.420 e. The summed E-state index contributed by atoms with van der Waals surface area (Å²) in [4.78, 5) is 17.5. The van der Waals surface area contributed by atoms with Crippen LogP contribution in [0.5, 0.6) is 5.75 Å². The summed E-state index contributed by atoms with van der Waals surface area (Å²) in [5.41, 5.74) is -0.155. The second-order valence-electron chi connectivity index (χ2n) is 7.34. The topological polar surface area (TPSA) is 79.0 Å². The first-order valence-corrected chi connectivity index (χ1v) is 10.7. The van der Waals surface area contributed by atoms with E-state index in [9.17, 15) is 23.1 Å². The van der Waals surface area contributed by atoms with Crippen molar-refractivity contribution < 1.29 is 32.2 Å². The lowest BCUT2D eigenvalue weighted by Gasteiger charge is -2.26. The molecule has 2 aromatic carbocycles. The maximum Gasteiger partial charge on any atom is 0.420 e. The molecule has 4 rings (SSSR count). The van der Waals surface area contributed by atoms with Gasteiger partial charge in [0.25, 0.3) is 0 Å². The number of carbonyl (C=O) groups is 1. The van der Waals surface area contributed by atoms with Crippen molar-refractivity contribution in [3.63, 3.8) is 0 Å². The molecule has 0 aliphatic carbocycles. The predicted molar refractivity (Wildman–Crippen MR) is 116 cm³/mol. The second kappa shape index (κ2) is 8.99. The number of ether oxygens (including phenoxy) is 1. The third kappa shape index (κ3) is 4.93. The molecule has 1 aromatic heterocycles. The molecule has 0 saturated heterocycles. The van der Waals surface area contributed by atoms with Gasteiger partial charge in [-0.1, -0.05) is 18.2 Å². The van der Waals surface area contributed by atoms with Crippen LogP contribution in [0.2, 0.25) is 0 Å². The van der Waals surface area contributed by atoms with Gasteiger partial charge >= 0.3 is 12.1 Å². The maximum absolute atomic E-state index is 14.0. The number of carboxylic acids is 1. The van der Waals surface area contributed by atoms with Gasteiger partial charge in [-0.15, -0.1) is 0 Å². The number of likely N-dealkylation sites (N-methyl/N-ethyl adjacent to an activating group) is 1. The average Bonchev–Trinajstić information content (AvgIpc) is 3.05. The van der Waals surface area contributed by atoms with Gasteiger partial charge in [0.1, 0.15) is 12.4 Å². The Balaban J connectivity index is 1.77. The van der Waals surface area contributed by atoms with E-state index in [0.29, 0.717) is 23.7 Å². The molecule has 1 N–H and O–H groups in total. The number of para-hydroxylation sites is 1. The summed E-state index contributed by atoms with van der Waals surface area (Å²) in [6.07, 6.45) is -4.69. The van der Waals surface area contributed by atoms with Crippen molar-refractivity contribution in [1.29, 1.82) is 0 Å². The molecule has 0 amide bonds. The van der Waals surface area contributed by atoms with Crippen LogP contribution in [0.4, 0.5) is 24.5 Å². The minimum atomic E-state index is -4.69. The van der Waals surface area contributed by atoms with E-state index in [2.05, 4.69) is 4.98 Å². The van der Waals surface area contributed by atoms with Crippen LogP contribution in [0.1, 0.15) is 27.7 Å². The number of aromatic nitrogens is 1. The quantitative estimate of drug-likeness (QED) is 0.490. The summed E-state index contributed by atoms with van der Waals surface area (Å²) < 4.78 is 54.7. The number of halogens is 3. The number of hydrogen-bond acceptors (Lipinski definition) is 7. The Bertz CT molecular complexity index is 1170. The Morgan fingerprint density at radius 1 is 1.24 bits per heavy atom. The summed E-state index contributed by atoms with van der Waals surface area (Å²) in [7, 11) is 1.86. The largest absolute Gasteiger partial charge is 0.485 e. The van der Waals surface area contributed by atoms with Crippen LogP contribution >= 0.6 is 11.9 Å². The molecule has 7 nitrogen and oxygen atoms in total. The van der Waals surface area contributed by atoms with Crippen molar-refractivity contribution in [3.05, 3.63) is 65.4 Å². The fourth-order valence-corrected chi connectivity index (χ4v) is 4.43. The number of benzene rings is 2. The van der Waals surface area contributed by atoms with Crippen molar-refractivity contribution >= 4 is 29.3 Å². The number of aromatic carboxylic acids is 1. The van der Waals surface area contributed by atoms with Crippen LogP contribution in [0.3, 0.4) is 0 Å². The van der Waals surface area contributed by atoms with Gasteiger partial charge in [-0.05, 0) is 43.3 Å². The van der Waals surface area contributed by atoms with Gasteiger partial charge in [-0.25, -0.2) is 14.1 Å². The number of nitrogens with zero attached hydrogens (tertiary/aromatic N) is 3. The van der Waals surface area contributed by atoms with E-state index in [1.807, 2.05) is 46.6 Å². The lowest BCUT2D eigenvalue weighted by Crippen LogP contribution is -2.24. The zero-order chi connectivity index (χ0) is 23.8. The van der Waals surface area contributed by atoms with Crippen LogP contribution < -0.4 is 9.64 Å². The molecule has 2 heterocycles. The first-order valence-electron chi connectivity index (χ1n) is 9.93. The van der Waals surface area contributed by atoms with Gasteiger partial charge in [0.15, 0.2) is 17.3 Å². The number of fused-ring (bicyclic) bond motifs is 1. The van der Waals surface area contributed by atoms with Gasteiger partial charge in [-0.2, -0.15) is 13.2 Å². The van der Waals surface area contributed by atoms with Crippen LogP contribution in [-0.2, 0) is 12.8 Å². The molecule has 11 heteroatoms. The van der Waals surface area contributed by atoms with E-state index in [1.54, 1.807) is 0 Å². The molecular weight excluding hydrogens is 459 g/mol. The summed E-state index contributed by atoms with van der Waals surface area (Å²) in [6, 6.07) is 11.6. The maximum atomic E-state index is 14.0. The van der Waals surface area contributed by atoms with E-state index < -0.39 is 30.1 Å². The zero-order valence-electron chi connectivity index (χ0n) is 17.7. The lowest BCUT2D eigenvalue weighted by atomic mass is 10.1. The van der Waals surface area contributed by atoms with Gasteiger partial charge in [-0.3, -0.25) is 0 Å². The highest BCUT2D eigenvalue weighted by Crippen LogP contribution is 2.46. The molecule has 0 saturated carbocycles. The van der Waals surface area contributed by atoms with Crippen molar-refractivity contribution in [2.45, 2.75) is 24.6 Å². The molecule has 0 unspecified atom stereocenters. The number of hydrogen-bond donors (Lipinski definition) is 1. The minimum Gasteiger partial charge on any atom is -0.485 e. The standard InChI is InChI=1S/C22H20F3N3O4S/c1-13-26-20(21(29)30)18(32-13)12-31-17-11-19-16(10-15(17)22(23,24)25)28(9-8-27(2)33-19)14-6-4-3-5-7-14/h3-7,10-11H,8-9,12H2,1-2H3,(H,29,30). The molecule has 33 heavy (non-hydrogen) atoms. The molecular formula is C22H20F3N3O4S. The number of aryl methyl sites for hydroxylation is 1. The fraction of sp³-hybridized carbons (Fsp3) is 0.273. The number of carboxylic acid groups (broad SMARTS) is 1. The summed E-state index contributed by atoms with van der Waals surface area (Å²) in [5, 5.41) is 9.24. The second-order valence-corrected chi connectivity index (χ2v) is 8.59. The molecule has 0 spiro atoms. The van der Waals surface area contributed by atoms with Crippen molar-refractivity contribution in [2.75, 3.05) is 25.0 Å². The number of rotatable bonds is 5. The molecule has 174 valence electrons. The number of alkyl halides is 3. The highest BCUT2D eigenvalue weighted by atomic mass is 32.2. The Labute approximate surface area is 191 Å². The highest BCUT2D eigenvalue weighted by Gasteiger charge is 2.37. The van der Waals surface area contributed by atoms with Crippen molar-refractivity contribution in [2.24, 2.45) is 0 Å². The third-order valence-electron chi connectivity index (χ3n) is 4.98. The van der Waals surface area contributed by atoms with Gasteiger partial charge < -0.3 is 19.2 Å². The van der Waals surface area contributed by atoms with Crippen molar-refractivity contribution in [3.8, 4) is 5.75 Å². The molecule has 3 aromatic rings. The minimum absolute atomic E-state index is 0.0830. The zero-order valence-corrected chi connectivity index (χ0v) is 18.5. The molecule has 0 radical (unpaired) electrons. The van der Waals surface area contributed by atoms with Crippen LogP contribution in [0, 0.1) is 6.92 Å². The number of anilines is 2. The van der Waals surface area contributed by atoms with E-state index in [-0.39, 0.29) is 17.3 Å². The third-order valence-corrected chi connectivity index (χ3v) is 6.00. The Hall–Kier alpha value is -3.18. The van der Waals surface area contributed by atoms with Crippen LogP contribution in [0.25, 0.3) is 0 Å².